The van der Waals surface area contributed by atoms with E-state index < -0.39 is 22.4 Å². The lowest BCUT2D eigenvalue weighted by molar-refractivity contribution is 0.0836. The zero-order chi connectivity index (χ0) is 19.2. The Kier molecular flexibility index (Phi) is 4.41. The third-order valence-electron chi connectivity index (χ3n) is 5.36. The van der Waals surface area contributed by atoms with E-state index in [1.165, 1.54) is 0 Å². The highest BCUT2D eigenvalue weighted by Gasteiger charge is 2.40. The summed E-state index contributed by atoms with van der Waals surface area (Å²) < 4.78 is 29.0. The molecule has 9 nitrogen and oxygen atoms in total. The van der Waals surface area contributed by atoms with Crippen LogP contribution in [0.25, 0.3) is 11.3 Å². The SMILES string of the molecule is O=C(O)NS(=O)(=O)N1CCC(O)C(C2c3ccccc3-c3cncn32)CC1. The molecule has 2 aliphatic heterocycles. The molecule has 3 unspecified atom stereocenters. The quantitative estimate of drug-likeness (QED) is 0.717. The first kappa shape index (κ1) is 18.0. The van der Waals surface area contributed by atoms with Gasteiger partial charge >= 0.3 is 16.3 Å². The summed E-state index contributed by atoms with van der Waals surface area (Å²) in [6.07, 6.45) is 1.81. The van der Waals surface area contributed by atoms with Gasteiger partial charge in [-0.15, -0.1) is 0 Å². The molecule has 0 spiro atoms. The summed E-state index contributed by atoms with van der Waals surface area (Å²) in [5, 5.41) is 19.5. The fourth-order valence-corrected chi connectivity index (χ4v) is 5.22. The molecule has 2 aliphatic rings. The third-order valence-corrected chi connectivity index (χ3v) is 6.84. The molecule has 0 aliphatic carbocycles. The average Bonchev–Trinajstić information content (AvgIpc) is 3.12. The lowest BCUT2D eigenvalue weighted by Gasteiger charge is -2.28. The maximum atomic E-state index is 12.2. The number of amides is 1. The monoisotopic (exact) mass is 392 g/mol. The minimum absolute atomic E-state index is 0.0609. The molecule has 3 heterocycles. The molecule has 1 aromatic carbocycles. The number of rotatable bonds is 3. The van der Waals surface area contributed by atoms with Crippen molar-refractivity contribution in [3.8, 4) is 11.3 Å². The topological polar surface area (TPSA) is 125 Å². The van der Waals surface area contributed by atoms with E-state index >= 15 is 0 Å². The van der Waals surface area contributed by atoms with Gasteiger partial charge in [-0.3, -0.25) is 0 Å². The molecule has 144 valence electrons. The number of fused-ring (bicyclic) bond motifs is 3. The molecular weight excluding hydrogens is 372 g/mol. The summed E-state index contributed by atoms with van der Waals surface area (Å²) in [7, 11) is -4.13. The van der Waals surface area contributed by atoms with Gasteiger partial charge in [0.2, 0.25) is 0 Å². The molecule has 10 heteroatoms. The number of aliphatic hydroxyl groups is 1. The van der Waals surface area contributed by atoms with Crippen LogP contribution in [0, 0.1) is 5.92 Å². The second kappa shape index (κ2) is 6.63. The van der Waals surface area contributed by atoms with E-state index in [1.807, 2.05) is 28.8 Å². The first-order chi connectivity index (χ1) is 12.9. The first-order valence-corrected chi connectivity index (χ1v) is 10.1. The van der Waals surface area contributed by atoms with Crippen LogP contribution < -0.4 is 4.72 Å². The smallest absolute Gasteiger partial charge is 0.419 e. The Hall–Kier alpha value is -2.43. The van der Waals surface area contributed by atoms with Crippen molar-refractivity contribution < 1.29 is 23.4 Å². The fraction of sp³-hybridized carbons (Fsp3) is 0.412. The van der Waals surface area contributed by atoms with Crippen LogP contribution in [0.5, 0.6) is 0 Å². The lowest BCUT2D eigenvalue weighted by atomic mass is 9.85. The van der Waals surface area contributed by atoms with Crippen molar-refractivity contribution in [2.45, 2.75) is 25.0 Å². The minimum atomic E-state index is -4.13. The summed E-state index contributed by atoms with van der Waals surface area (Å²) in [6.45, 7) is 0.193. The van der Waals surface area contributed by atoms with Crippen LogP contribution in [0.1, 0.15) is 24.4 Å². The molecule has 0 saturated carbocycles. The van der Waals surface area contributed by atoms with Crippen molar-refractivity contribution in [1.29, 1.82) is 0 Å². The summed E-state index contributed by atoms with van der Waals surface area (Å²) in [4.78, 5) is 15.0. The molecule has 3 atom stereocenters. The number of imidazole rings is 1. The van der Waals surface area contributed by atoms with Crippen molar-refractivity contribution in [2.75, 3.05) is 13.1 Å². The summed E-state index contributed by atoms with van der Waals surface area (Å²) in [5.41, 5.74) is 3.12. The second-order valence-corrected chi connectivity index (χ2v) is 8.51. The summed E-state index contributed by atoms with van der Waals surface area (Å²) in [6, 6.07) is 7.80. The van der Waals surface area contributed by atoms with Crippen molar-refractivity contribution in [3.63, 3.8) is 0 Å². The molecule has 4 rings (SSSR count). The highest BCUT2D eigenvalue weighted by atomic mass is 32.2. The Labute approximate surface area is 156 Å². The predicted octanol–water partition coefficient (Wildman–Crippen LogP) is 1.04. The van der Waals surface area contributed by atoms with Crippen molar-refractivity contribution >= 4 is 16.3 Å². The van der Waals surface area contributed by atoms with Gasteiger partial charge in [-0.25, -0.2) is 14.5 Å². The van der Waals surface area contributed by atoms with Gasteiger partial charge in [0, 0.05) is 24.6 Å². The molecule has 0 radical (unpaired) electrons. The number of carboxylic acid groups (broad SMARTS) is 1. The van der Waals surface area contributed by atoms with Gasteiger partial charge in [-0.2, -0.15) is 12.7 Å². The Bertz CT molecular complexity index is 973. The molecule has 1 fully saturated rings. The first-order valence-electron chi connectivity index (χ1n) is 8.68. The molecule has 0 bridgehead atoms. The minimum Gasteiger partial charge on any atom is -0.464 e. The van der Waals surface area contributed by atoms with Crippen LogP contribution in [-0.4, -0.2) is 57.8 Å². The van der Waals surface area contributed by atoms with Crippen LogP contribution in [0.15, 0.2) is 36.8 Å². The second-order valence-electron chi connectivity index (χ2n) is 6.84. The van der Waals surface area contributed by atoms with E-state index in [0.717, 1.165) is 21.1 Å². The van der Waals surface area contributed by atoms with Gasteiger partial charge < -0.3 is 14.8 Å². The largest absolute Gasteiger partial charge is 0.464 e. The molecule has 27 heavy (non-hydrogen) atoms. The van der Waals surface area contributed by atoms with Gasteiger partial charge in [0.25, 0.3) is 0 Å². The number of hydrogen-bond donors (Lipinski definition) is 3. The Morgan fingerprint density at radius 1 is 1.22 bits per heavy atom. The van der Waals surface area contributed by atoms with Crippen molar-refractivity contribution in [1.82, 2.24) is 18.6 Å². The van der Waals surface area contributed by atoms with E-state index in [1.54, 1.807) is 17.2 Å². The maximum absolute atomic E-state index is 12.2. The number of hydrogen-bond acceptors (Lipinski definition) is 5. The average molecular weight is 392 g/mol. The Balaban J connectivity index is 1.63. The van der Waals surface area contributed by atoms with Gasteiger partial charge in [0.15, 0.2) is 0 Å². The maximum Gasteiger partial charge on any atom is 0.419 e. The Morgan fingerprint density at radius 3 is 2.74 bits per heavy atom. The number of aromatic nitrogens is 2. The molecular formula is C17H20N4O5S. The van der Waals surface area contributed by atoms with Crippen LogP contribution in [-0.2, 0) is 10.2 Å². The highest BCUT2D eigenvalue weighted by Crippen LogP contribution is 2.45. The van der Waals surface area contributed by atoms with Gasteiger partial charge in [-0.1, -0.05) is 24.3 Å². The summed E-state index contributed by atoms with van der Waals surface area (Å²) in [5.74, 6) is -0.216. The predicted molar refractivity (Wildman–Crippen MR) is 96.2 cm³/mol. The number of carbonyl (C=O) groups is 1. The van der Waals surface area contributed by atoms with E-state index in [-0.39, 0.29) is 31.5 Å². The third kappa shape index (κ3) is 3.09. The van der Waals surface area contributed by atoms with Gasteiger partial charge in [0.1, 0.15) is 0 Å². The van der Waals surface area contributed by atoms with Crippen LogP contribution in [0.3, 0.4) is 0 Å². The van der Waals surface area contributed by atoms with Crippen LogP contribution >= 0.6 is 0 Å². The normalized spacial score (nSPS) is 25.4. The van der Waals surface area contributed by atoms with E-state index in [2.05, 4.69) is 4.98 Å². The fourth-order valence-electron chi connectivity index (χ4n) is 4.18. The molecule has 1 saturated heterocycles. The van der Waals surface area contributed by atoms with E-state index in [9.17, 15) is 18.3 Å². The van der Waals surface area contributed by atoms with Gasteiger partial charge in [0.05, 0.1) is 30.4 Å². The lowest BCUT2D eigenvalue weighted by Crippen LogP contribution is -2.43. The number of benzene rings is 1. The number of nitrogens with zero attached hydrogens (tertiary/aromatic N) is 3. The van der Waals surface area contributed by atoms with Crippen molar-refractivity contribution in [2.24, 2.45) is 5.92 Å². The molecule has 1 aromatic heterocycles. The summed E-state index contributed by atoms with van der Waals surface area (Å²) >= 11 is 0. The number of nitrogens with one attached hydrogen (secondary N) is 1. The van der Waals surface area contributed by atoms with Crippen LogP contribution in [0.4, 0.5) is 4.79 Å². The highest BCUT2D eigenvalue weighted by molar-refractivity contribution is 7.87. The zero-order valence-electron chi connectivity index (χ0n) is 14.4. The zero-order valence-corrected chi connectivity index (χ0v) is 15.2. The standard InChI is InChI=1S/C17H20N4O5S/c22-15-6-8-20(27(25,26)19-17(23)24)7-5-13(15)16-12-4-2-1-3-11(12)14-9-18-10-21(14)16/h1-4,9-10,13,15-16,19,22H,5-8H2,(H,23,24). The number of aliphatic hydroxyl groups excluding tert-OH is 1. The van der Waals surface area contributed by atoms with Gasteiger partial charge in [-0.05, 0) is 18.4 Å². The van der Waals surface area contributed by atoms with Crippen molar-refractivity contribution in [3.05, 3.63) is 42.4 Å². The Morgan fingerprint density at radius 2 is 1.96 bits per heavy atom. The molecule has 3 N–H and O–H groups in total. The van der Waals surface area contributed by atoms with E-state index in [0.29, 0.717) is 6.42 Å². The van der Waals surface area contributed by atoms with Crippen LogP contribution in [0.2, 0.25) is 0 Å². The van der Waals surface area contributed by atoms with E-state index in [4.69, 9.17) is 5.11 Å². The molecule has 1 amide bonds. The molecule has 2 aromatic rings.